The highest BCUT2D eigenvalue weighted by atomic mass is 16.5. The molecule has 0 unspecified atom stereocenters. The number of hydrogen-bond acceptors (Lipinski definition) is 4. The lowest BCUT2D eigenvalue weighted by Crippen LogP contribution is -2.19. The molecule has 1 rings (SSSR count). The van der Waals surface area contributed by atoms with E-state index >= 15 is 0 Å². The van der Waals surface area contributed by atoms with E-state index in [0.29, 0.717) is 13.2 Å². The van der Waals surface area contributed by atoms with Gasteiger partial charge in [0.1, 0.15) is 5.71 Å². The molecule has 1 fully saturated rings. The minimum absolute atomic E-state index is 0.0669. The molecule has 0 atom stereocenters. The predicted molar refractivity (Wildman–Crippen MR) is 70.8 cm³/mol. The topological polar surface area (TPSA) is 70.9 Å². The van der Waals surface area contributed by atoms with E-state index in [1.54, 1.807) is 0 Å². The Balaban J connectivity index is 1.92. The minimum Gasteiger partial charge on any atom is -0.477 e. The molecule has 104 valence electrons. The lowest BCUT2D eigenvalue weighted by atomic mass is 9.87. The van der Waals surface area contributed by atoms with Crippen LogP contribution in [0.25, 0.3) is 0 Å². The summed E-state index contributed by atoms with van der Waals surface area (Å²) in [6.07, 6.45) is 7.98. The van der Waals surface area contributed by atoms with Gasteiger partial charge in [0.2, 0.25) is 0 Å². The van der Waals surface area contributed by atoms with Crippen LogP contribution in [0.2, 0.25) is 0 Å². The Bertz CT molecular complexity index is 273. The number of carboxylic acids is 1. The largest absolute Gasteiger partial charge is 0.477 e. The number of aliphatic carboxylic acids is 1. The molecule has 0 heterocycles. The van der Waals surface area contributed by atoms with Crippen LogP contribution >= 0.6 is 0 Å². The molecule has 1 saturated carbocycles. The summed E-state index contributed by atoms with van der Waals surface area (Å²) >= 11 is 0. The molecule has 0 saturated heterocycles. The molecule has 0 amide bonds. The Labute approximate surface area is 109 Å². The average Bonchev–Trinajstić information content (AvgIpc) is 2.38. The molecule has 5 heteroatoms. The van der Waals surface area contributed by atoms with E-state index in [1.165, 1.54) is 39.0 Å². The smallest absolute Gasteiger partial charge is 0.351 e. The van der Waals surface area contributed by atoms with E-state index in [-0.39, 0.29) is 5.71 Å². The number of hydrazone groups is 1. The molecular weight excluding hydrogens is 232 g/mol. The standard InChI is InChI=1S/C13H24N2O3/c1-11(13(16)17)15-14-8-10-18-9-7-12-5-3-2-4-6-12/h12,14H,2-10H2,1H3,(H,16,17). The molecule has 0 bridgehead atoms. The van der Waals surface area contributed by atoms with Gasteiger partial charge in [0.25, 0.3) is 0 Å². The maximum absolute atomic E-state index is 10.4. The van der Waals surface area contributed by atoms with E-state index in [1.807, 2.05) is 0 Å². The van der Waals surface area contributed by atoms with Gasteiger partial charge < -0.3 is 15.3 Å². The van der Waals surface area contributed by atoms with Crippen molar-refractivity contribution in [2.75, 3.05) is 19.8 Å². The van der Waals surface area contributed by atoms with Crippen molar-refractivity contribution in [2.45, 2.75) is 45.4 Å². The number of nitrogens with zero attached hydrogens (tertiary/aromatic N) is 1. The van der Waals surface area contributed by atoms with Crippen molar-refractivity contribution in [1.82, 2.24) is 5.43 Å². The Morgan fingerprint density at radius 2 is 2.06 bits per heavy atom. The van der Waals surface area contributed by atoms with Crippen molar-refractivity contribution in [1.29, 1.82) is 0 Å². The fourth-order valence-corrected chi connectivity index (χ4v) is 2.17. The number of hydrogen-bond donors (Lipinski definition) is 2. The molecule has 0 aromatic rings. The van der Waals surface area contributed by atoms with Gasteiger partial charge in [-0.05, 0) is 19.3 Å². The Hall–Kier alpha value is -1.10. The summed E-state index contributed by atoms with van der Waals surface area (Å²) in [4.78, 5) is 10.4. The van der Waals surface area contributed by atoms with Crippen molar-refractivity contribution in [3.05, 3.63) is 0 Å². The highest BCUT2D eigenvalue weighted by Crippen LogP contribution is 2.25. The van der Waals surface area contributed by atoms with Gasteiger partial charge in [-0.15, -0.1) is 0 Å². The van der Waals surface area contributed by atoms with Gasteiger partial charge in [-0.3, -0.25) is 0 Å². The van der Waals surface area contributed by atoms with E-state index in [9.17, 15) is 4.79 Å². The number of rotatable bonds is 8. The van der Waals surface area contributed by atoms with E-state index < -0.39 is 5.97 Å². The van der Waals surface area contributed by atoms with E-state index in [4.69, 9.17) is 9.84 Å². The first-order valence-electron chi connectivity index (χ1n) is 6.78. The van der Waals surface area contributed by atoms with Gasteiger partial charge in [0.05, 0.1) is 13.2 Å². The van der Waals surface area contributed by atoms with E-state index in [0.717, 1.165) is 18.9 Å². The van der Waals surface area contributed by atoms with Crippen molar-refractivity contribution in [3.8, 4) is 0 Å². The molecule has 5 nitrogen and oxygen atoms in total. The Morgan fingerprint density at radius 3 is 2.72 bits per heavy atom. The summed E-state index contributed by atoms with van der Waals surface area (Å²) < 4.78 is 5.50. The lowest BCUT2D eigenvalue weighted by molar-refractivity contribution is -0.129. The average molecular weight is 256 g/mol. The monoisotopic (exact) mass is 256 g/mol. The van der Waals surface area contributed by atoms with Crippen LogP contribution in [0.1, 0.15) is 45.4 Å². The van der Waals surface area contributed by atoms with Gasteiger partial charge in [-0.1, -0.05) is 32.1 Å². The fourth-order valence-electron chi connectivity index (χ4n) is 2.17. The summed E-state index contributed by atoms with van der Waals surface area (Å²) in [5.41, 5.74) is 2.75. The van der Waals surface area contributed by atoms with Crippen molar-refractivity contribution in [2.24, 2.45) is 11.0 Å². The third-order valence-electron chi connectivity index (χ3n) is 3.31. The normalized spacial score (nSPS) is 17.7. The SMILES string of the molecule is CC(=NNCCOCCC1CCCCC1)C(=O)O. The zero-order chi connectivity index (χ0) is 13.2. The second kappa shape index (κ2) is 8.91. The summed E-state index contributed by atoms with van der Waals surface area (Å²) in [6.45, 7) is 3.38. The van der Waals surface area contributed by atoms with Crippen LogP contribution in [0.4, 0.5) is 0 Å². The number of carboxylic acid groups (broad SMARTS) is 1. The van der Waals surface area contributed by atoms with Gasteiger partial charge in [0.15, 0.2) is 0 Å². The van der Waals surface area contributed by atoms with Gasteiger partial charge in [-0.25, -0.2) is 4.79 Å². The molecule has 2 N–H and O–H groups in total. The Kier molecular flexibility index (Phi) is 7.41. The second-order valence-corrected chi connectivity index (χ2v) is 4.82. The van der Waals surface area contributed by atoms with Crippen molar-refractivity contribution >= 4 is 11.7 Å². The van der Waals surface area contributed by atoms with Crippen LogP contribution in [0.3, 0.4) is 0 Å². The van der Waals surface area contributed by atoms with Gasteiger partial charge in [-0.2, -0.15) is 5.10 Å². The minimum atomic E-state index is -0.999. The molecule has 0 aliphatic heterocycles. The van der Waals surface area contributed by atoms with Crippen LogP contribution in [0.15, 0.2) is 5.10 Å². The van der Waals surface area contributed by atoms with Gasteiger partial charge in [0, 0.05) is 6.61 Å². The Morgan fingerprint density at radius 1 is 1.33 bits per heavy atom. The molecule has 0 radical (unpaired) electrons. The van der Waals surface area contributed by atoms with Crippen LogP contribution in [-0.2, 0) is 9.53 Å². The van der Waals surface area contributed by atoms with Gasteiger partial charge >= 0.3 is 5.97 Å². The lowest BCUT2D eigenvalue weighted by Gasteiger charge is -2.21. The number of carbonyl (C=O) groups is 1. The summed E-state index contributed by atoms with van der Waals surface area (Å²) in [7, 11) is 0. The molecule has 0 spiro atoms. The number of nitrogens with one attached hydrogen (secondary N) is 1. The zero-order valence-electron chi connectivity index (χ0n) is 11.2. The van der Waals surface area contributed by atoms with Crippen LogP contribution < -0.4 is 5.43 Å². The molecule has 18 heavy (non-hydrogen) atoms. The first kappa shape index (κ1) is 15.0. The summed E-state index contributed by atoms with van der Waals surface area (Å²) in [5.74, 6) is -0.153. The number of ether oxygens (including phenoxy) is 1. The fraction of sp³-hybridized carbons (Fsp3) is 0.846. The maximum atomic E-state index is 10.4. The highest BCUT2D eigenvalue weighted by Gasteiger charge is 2.12. The van der Waals surface area contributed by atoms with Crippen LogP contribution in [0, 0.1) is 5.92 Å². The first-order valence-corrected chi connectivity index (χ1v) is 6.78. The molecule has 0 aromatic heterocycles. The highest BCUT2D eigenvalue weighted by molar-refractivity contribution is 6.34. The second-order valence-electron chi connectivity index (χ2n) is 4.82. The quantitative estimate of drug-likeness (QED) is 0.396. The molecule has 1 aliphatic rings. The van der Waals surface area contributed by atoms with E-state index in [2.05, 4.69) is 10.5 Å². The maximum Gasteiger partial charge on any atom is 0.351 e. The third-order valence-corrected chi connectivity index (χ3v) is 3.31. The van der Waals surface area contributed by atoms with Crippen LogP contribution in [-0.4, -0.2) is 36.5 Å². The molecular formula is C13H24N2O3. The summed E-state index contributed by atoms with van der Waals surface area (Å²) in [6, 6.07) is 0. The first-order chi connectivity index (χ1) is 8.70. The van der Waals surface area contributed by atoms with Crippen molar-refractivity contribution in [3.63, 3.8) is 0 Å². The summed E-state index contributed by atoms with van der Waals surface area (Å²) in [5, 5.41) is 12.3. The third kappa shape index (κ3) is 6.59. The zero-order valence-corrected chi connectivity index (χ0v) is 11.2. The van der Waals surface area contributed by atoms with Crippen molar-refractivity contribution < 1.29 is 14.6 Å². The molecule has 0 aromatic carbocycles. The van der Waals surface area contributed by atoms with Crippen LogP contribution in [0.5, 0.6) is 0 Å². The predicted octanol–water partition coefficient (Wildman–Crippen LogP) is 2.02. The molecule has 1 aliphatic carbocycles.